The number of aliphatic hydroxyl groups excluding tert-OH is 2. The molecule has 11 nitrogen and oxygen atoms in total. The first kappa shape index (κ1) is 21.2. The molecule has 3 aromatic heterocycles. The molecule has 34 heavy (non-hydrogen) atoms. The molecular weight excluding hydrogens is 440 g/mol. The number of fused-ring (bicyclic) bond motifs is 2. The number of para-hydroxylation sites is 1. The molecule has 1 aromatic carbocycles. The molecule has 176 valence electrons. The van der Waals surface area contributed by atoms with Crippen LogP contribution >= 0.6 is 0 Å². The van der Waals surface area contributed by atoms with Crippen LogP contribution in [0.1, 0.15) is 12.6 Å². The van der Waals surface area contributed by atoms with Crippen LogP contribution in [0.2, 0.25) is 0 Å². The van der Waals surface area contributed by atoms with E-state index in [9.17, 15) is 10.2 Å². The van der Waals surface area contributed by atoms with Gasteiger partial charge in [-0.25, -0.2) is 15.0 Å². The van der Waals surface area contributed by atoms with Crippen molar-refractivity contribution in [3.8, 4) is 5.75 Å². The summed E-state index contributed by atoms with van der Waals surface area (Å²) >= 11 is 0. The number of imidazole rings is 1. The molecule has 0 aliphatic carbocycles. The van der Waals surface area contributed by atoms with E-state index in [1.54, 1.807) is 16.8 Å². The van der Waals surface area contributed by atoms with Crippen molar-refractivity contribution in [2.75, 3.05) is 25.1 Å². The van der Waals surface area contributed by atoms with Gasteiger partial charge < -0.3 is 29.7 Å². The van der Waals surface area contributed by atoms with Gasteiger partial charge in [0.25, 0.3) is 0 Å². The summed E-state index contributed by atoms with van der Waals surface area (Å²) in [4.78, 5) is 17.4. The second-order valence-electron chi connectivity index (χ2n) is 8.43. The molecular formula is C23H24N6O5. The first-order chi connectivity index (χ1) is 16.7. The molecule has 3 N–H and O–H groups in total. The summed E-state index contributed by atoms with van der Waals surface area (Å²) in [7, 11) is 0. The van der Waals surface area contributed by atoms with Crippen molar-refractivity contribution < 1.29 is 24.4 Å². The predicted molar refractivity (Wildman–Crippen MR) is 121 cm³/mol. The lowest BCUT2D eigenvalue weighted by Crippen LogP contribution is -2.34. The second kappa shape index (κ2) is 8.76. The summed E-state index contributed by atoms with van der Waals surface area (Å²) in [5, 5.41) is 25.6. The third-order valence-corrected chi connectivity index (χ3v) is 6.25. The summed E-state index contributed by atoms with van der Waals surface area (Å²) in [5.74, 6) is 1.23. The lowest BCUT2D eigenvalue weighted by atomic mass is 10.1. The number of aliphatic hydroxyl groups is 2. The fourth-order valence-corrected chi connectivity index (χ4v) is 4.45. The van der Waals surface area contributed by atoms with Gasteiger partial charge in [-0.2, -0.15) is 0 Å². The maximum atomic E-state index is 10.8. The Balaban J connectivity index is 1.21. The minimum atomic E-state index is -1.19. The molecule has 4 aromatic rings. The Kier molecular flexibility index (Phi) is 5.46. The summed E-state index contributed by atoms with van der Waals surface area (Å²) in [6.07, 6.45) is 1.57. The number of rotatable bonds is 6. The number of pyridine rings is 1. The van der Waals surface area contributed by atoms with Crippen molar-refractivity contribution in [2.45, 2.75) is 37.0 Å². The number of hydrogen-bond acceptors (Lipinski definition) is 10. The lowest BCUT2D eigenvalue weighted by Gasteiger charge is -2.17. The fourth-order valence-electron chi connectivity index (χ4n) is 4.45. The average molecular weight is 464 g/mol. The molecule has 1 unspecified atom stereocenters. The summed E-state index contributed by atoms with van der Waals surface area (Å²) in [6.45, 7) is 1.37. The third-order valence-electron chi connectivity index (χ3n) is 6.25. The molecule has 0 bridgehead atoms. The van der Waals surface area contributed by atoms with Gasteiger partial charge in [-0.1, -0.05) is 12.1 Å². The molecule has 0 saturated carbocycles. The van der Waals surface area contributed by atoms with Crippen LogP contribution in [0.15, 0.2) is 49.2 Å². The van der Waals surface area contributed by atoms with Gasteiger partial charge in [0.05, 0.1) is 24.5 Å². The quantitative estimate of drug-likeness (QED) is 0.383. The molecule has 6 rings (SSSR count). The Labute approximate surface area is 194 Å². The van der Waals surface area contributed by atoms with E-state index in [1.807, 2.05) is 24.3 Å². The number of nitrogens with zero attached hydrogens (tertiary/aromatic N) is 5. The largest absolute Gasteiger partial charge is 0.490 e. The van der Waals surface area contributed by atoms with Crippen LogP contribution in [-0.2, 0) is 9.47 Å². The summed E-state index contributed by atoms with van der Waals surface area (Å²) in [5.41, 5.74) is 1.86. The number of hydrogen-bond donors (Lipinski definition) is 3. The topological polar surface area (TPSA) is 137 Å². The van der Waals surface area contributed by atoms with E-state index >= 15 is 0 Å². The van der Waals surface area contributed by atoms with E-state index in [0.29, 0.717) is 35.9 Å². The van der Waals surface area contributed by atoms with Crippen LogP contribution < -0.4 is 10.1 Å². The van der Waals surface area contributed by atoms with Crippen molar-refractivity contribution in [2.24, 2.45) is 0 Å². The zero-order chi connectivity index (χ0) is 23.1. The van der Waals surface area contributed by atoms with Crippen LogP contribution in [0.25, 0.3) is 22.1 Å². The van der Waals surface area contributed by atoms with E-state index in [4.69, 9.17) is 14.2 Å². The van der Waals surface area contributed by atoms with Crippen LogP contribution in [0.4, 0.5) is 5.82 Å². The third kappa shape index (κ3) is 3.72. The molecule has 0 spiro atoms. The maximum Gasteiger partial charge on any atom is 0.167 e. The number of nitrogens with one attached hydrogen (secondary N) is 1. The summed E-state index contributed by atoms with van der Waals surface area (Å²) in [6, 6.07) is 9.56. The molecule has 11 heteroatoms. The van der Waals surface area contributed by atoms with Gasteiger partial charge in [0.2, 0.25) is 0 Å². The normalized spacial score (nSPS) is 26.9. The molecule has 2 fully saturated rings. The van der Waals surface area contributed by atoms with Gasteiger partial charge in [-0.05, 0) is 24.6 Å². The molecule has 2 aliphatic rings. The molecule has 2 saturated heterocycles. The van der Waals surface area contributed by atoms with Gasteiger partial charge >= 0.3 is 0 Å². The van der Waals surface area contributed by atoms with Gasteiger partial charge in [-0.15, -0.1) is 0 Å². The fraction of sp³-hybridized carbons (Fsp3) is 0.391. The molecule has 0 amide bonds. The highest BCUT2D eigenvalue weighted by atomic mass is 16.6. The number of aromatic nitrogens is 5. The van der Waals surface area contributed by atoms with E-state index in [-0.39, 0.29) is 12.6 Å². The Morgan fingerprint density at radius 2 is 2.00 bits per heavy atom. The predicted octanol–water partition coefficient (Wildman–Crippen LogP) is 1.27. The Morgan fingerprint density at radius 3 is 2.88 bits per heavy atom. The van der Waals surface area contributed by atoms with E-state index in [1.165, 1.54) is 12.7 Å². The van der Waals surface area contributed by atoms with Crippen LogP contribution in [-0.4, -0.2) is 78.9 Å². The first-order valence-corrected chi connectivity index (χ1v) is 11.2. The van der Waals surface area contributed by atoms with Crippen LogP contribution in [0.5, 0.6) is 5.75 Å². The SMILES string of the molecule is O[C@@H]1[C@H](O)[C@H](n2cnc3c(NC4CCOC4)ncnc32)O[C@@H]1COc1ccnc2ccccc12. The number of ether oxygens (including phenoxy) is 3. The average Bonchev–Trinajstić information content (AvgIpc) is 3.59. The van der Waals surface area contributed by atoms with Crippen molar-refractivity contribution >= 4 is 27.9 Å². The van der Waals surface area contributed by atoms with Crippen molar-refractivity contribution in [3.63, 3.8) is 0 Å². The van der Waals surface area contributed by atoms with Crippen LogP contribution in [0, 0.1) is 0 Å². The zero-order valence-corrected chi connectivity index (χ0v) is 18.2. The van der Waals surface area contributed by atoms with Crippen molar-refractivity contribution in [3.05, 3.63) is 49.2 Å². The number of anilines is 1. The molecule has 5 heterocycles. The monoisotopic (exact) mass is 464 g/mol. The van der Waals surface area contributed by atoms with E-state index < -0.39 is 24.5 Å². The number of benzene rings is 1. The Hall–Kier alpha value is -3.38. The minimum Gasteiger partial charge on any atom is -0.490 e. The maximum absolute atomic E-state index is 10.8. The molecule has 2 aliphatic heterocycles. The van der Waals surface area contributed by atoms with Gasteiger partial charge in [0, 0.05) is 18.2 Å². The van der Waals surface area contributed by atoms with Crippen molar-refractivity contribution in [1.29, 1.82) is 0 Å². The van der Waals surface area contributed by atoms with Crippen LogP contribution in [0.3, 0.4) is 0 Å². The van der Waals surface area contributed by atoms with E-state index in [0.717, 1.165) is 17.3 Å². The van der Waals surface area contributed by atoms with Gasteiger partial charge in [0.1, 0.15) is 37.0 Å². The standard InChI is InChI=1S/C23H24N6O5/c30-19-17(10-33-16-5-7-24-15-4-2-1-3-14(15)16)34-23(20(19)31)29-12-27-18-21(25-11-26-22(18)29)28-13-6-8-32-9-13/h1-5,7,11-13,17,19-20,23,30-31H,6,8-10H2,(H,25,26,28)/t13?,17-,19+,20+,23-/m1/s1. The molecule has 5 atom stereocenters. The highest BCUT2D eigenvalue weighted by molar-refractivity contribution is 5.84. The Bertz CT molecular complexity index is 1300. The highest BCUT2D eigenvalue weighted by Gasteiger charge is 2.44. The van der Waals surface area contributed by atoms with Crippen molar-refractivity contribution in [1.82, 2.24) is 24.5 Å². The molecule has 0 radical (unpaired) electrons. The highest BCUT2D eigenvalue weighted by Crippen LogP contribution is 2.33. The smallest absolute Gasteiger partial charge is 0.167 e. The summed E-state index contributed by atoms with van der Waals surface area (Å²) < 4.78 is 19.0. The Morgan fingerprint density at radius 1 is 1.09 bits per heavy atom. The van der Waals surface area contributed by atoms with Gasteiger partial charge in [0.15, 0.2) is 23.2 Å². The minimum absolute atomic E-state index is 0.0544. The lowest BCUT2D eigenvalue weighted by molar-refractivity contribution is -0.0473. The van der Waals surface area contributed by atoms with E-state index in [2.05, 4.69) is 25.3 Å². The van der Waals surface area contributed by atoms with Gasteiger partial charge in [-0.3, -0.25) is 9.55 Å². The second-order valence-corrected chi connectivity index (χ2v) is 8.43. The zero-order valence-electron chi connectivity index (χ0n) is 18.2. The first-order valence-electron chi connectivity index (χ1n) is 11.2.